The maximum atomic E-state index is 12.6. The molecule has 0 saturated carbocycles. The fraction of sp³-hybridized carbons (Fsp3) is 0.308. The minimum atomic E-state index is -0.413. The smallest absolute Gasteiger partial charge is 0.238 e. The second-order valence-corrected chi connectivity index (χ2v) is 8.95. The van der Waals surface area contributed by atoms with E-state index in [2.05, 4.69) is 26.1 Å². The molecule has 0 fully saturated rings. The Labute approximate surface area is 231 Å². The van der Waals surface area contributed by atoms with E-state index in [1.165, 1.54) is 0 Å². The largest absolute Gasteiger partial charge is 0.490 e. The first-order valence-electron chi connectivity index (χ1n) is 12.0. The van der Waals surface area contributed by atoms with Gasteiger partial charge >= 0.3 is 0 Å². The lowest BCUT2D eigenvalue weighted by atomic mass is 10.1. The van der Waals surface area contributed by atoms with Crippen LogP contribution < -0.4 is 26.4 Å². The third-order valence-electron chi connectivity index (χ3n) is 5.17. The molecule has 10 nitrogen and oxygen atoms in total. The number of nitrogens with two attached hydrogens (primary N) is 1. The van der Waals surface area contributed by atoms with E-state index in [9.17, 15) is 9.59 Å². The van der Waals surface area contributed by atoms with Gasteiger partial charge in [0.05, 0.1) is 41.0 Å². The first-order chi connectivity index (χ1) is 18.4. The Balaban J connectivity index is 1.80. The molecule has 2 aromatic carbocycles. The molecule has 0 aliphatic carbocycles. The minimum absolute atomic E-state index is 0.0798. The molecule has 2 amide bonds. The number of ether oxygens (including phenoxy) is 1. The zero-order valence-electron chi connectivity index (χ0n) is 20.9. The Morgan fingerprint density at radius 2 is 1.82 bits per heavy atom. The van der Waals surface area contributed by atoms with Crippen molar-refractivity contribution in [3.05, 3.63) is 69.7 Å². The number of nitrogens with one attached hydrogen (secondary N) is 3. The molecular formula is C26H30Cl2N6O4. The van der Waals surface area contributed by atoms with E-state index >= 15 is 0 Å². The monoisotopic (exact) mass is 560 g/mol. The number of nitrogens with zero attached hydrogens (tertiary/aromatic N) is 2. The molecule has 0 spiro atoms. The molecule has 38 heavy (non-hydrogen) atoms. The number of aliphatic imine (C=N–C) groups is 1. The van der Waals surface area contributed by atoms with Crippen molar-refractivity contribution in [3.8, 4) is 5.75 Å². The second kappa shape index (κ2) is 15.0. The molecule has 5 N–H and O–H groups in total. The van der Waals surface area contributed by atoms with E-state index in [1.807, 2.05) is 12.2 Å². The molecule has 0 aromatic heterocycles. The first kappa shape index (κ1) is 29.0. The highest BCUT2D eigenvalue weighted by Crippen LogP contribution is 2.32. The number of oxime groups is 1. The van der Waals surface area contributed by atoms with Crippen LogP contribution in [-0.2, 0) is 21.0 Å². The Morgan fingerprint density at radius 1 is 1.08 bits per heavy atom. The van der Waals surface area contributed by atoms with Gasteiger partial charge in [-0.1, -0.05) is 40.5 Å². The molecule has 0 unspecified atom stereocenters. The van der Waals surface area contributed by atoms with Gasteiger partial charge in [0.25, 0.3) is 0 Å². The highest BCUT2D eigenvalue weighted by Gasteiger charge is 2.14. The summed E-state index contributed by atoms with van der Waals surface area (Å²) >= 11 is 12.7. The zero-order valence-corrected chi connectivity index (χ0v) is 22.4. The fourth-order valence-electron chi connectivity index (χ4n) is 3.37. The van der Waals surface area contributed by atoms with Gasteiger partial charge in [0, 0.05) is 5.56 Å². The van der Waals surface area contributed by atoms with Crippen LogP contribution in [0.3, 0.4) is 0 Å². The molecule has 4 aliphatic rings. The summed E-state index contributed by atoms with van der Waals surface area (Å²) in [7, 11) is 0. The van der Waals surface area contributed by atoms with Gasteiger partial charge in [-0.2, -0.15) is 0 Å². The molecule has 202 valence electrons. The summed E-state index contributed by atoms with van der Waals surface area (Å²) in [5.74, 6) is -0.105. The molecule has 12 heteroatoms. The molecule has 2 aromatic rings. The molecule has 4 heterocycles. The number of hydrogen-bond donors (Lipinski definition) is 4. The lowest BCUT2D eigenvalue weighted by molar-refractivity contribution is -0.118. The number of carbonyl (C=O) groups excluding carboxylic acids is 2. The average Bonchev–Trinajstić information content (AvgIpc) is 2.89. The SMILES string of the molecule is CCO/N=C1/CC(=O)NC(N)=NCc2cc(Cl)c(c(Cl)c2)NC(=O)CNCC/C=C/COc2ccc1cc2. The number of halogens is 2. The van der Waals surface area contributed by atoms with Crippen LogP contribution in [-0.4, -0.2) is 49.8 Å². The number of anilines is 1. The first-order valence-corrected chi connectivity index (χ1v) is 12.8. The van der Waals surface area contributed by atoms with Crippen LogP contribution in [0.25, 0.3) is 0 Å². The number of guanidine groups is 1. The van der Waals surface area contributed by atoms with Crippen molar-refractivity contribution in [2.45, 2.75) is 26.3 Å². The van der Waals surface area contributed by atoms with Crippen LogP contribution in [0.1, 0.15) is 30.9 Å². The molecule has 6 rings (SSSR count). The second-order valence-electron chi connectivity index (χ2n) is 8.14. The van der Waals surface area contributed by atoms with Gasteiger partial charge < -0.3 is 25.9 Å². The lowest BCUT2D eigenvalue weighted by Gasteiger charge is -2.12. The summed E-state index contributed by atoms with van der Waals surface area (Å²) < 4.78 is 5.73. The Kier molecular flexibility index (Phi) is 11.4. The third-order valence-corrected chi connectivity index (χ3v) is 5.77. The van der Waals surface area contributed by atoms with Gasteiger partial charge in [0.2, 0.25) is 11.8 Å². The highest BCUT2D eigenvalue weighted by atomic mass is 35.5. The van der Waals surface area contributed by atoms with Crippen LogP contribution in [0.4, 0.5) is 5.69 Å². The van der Waals surface area contributed by atoms with Crippen molar-refractivity contribution in [3.63, 3.8) is 0 Å². The van der Waals surface area contributed by atoms with E-state index in [0.29, 0.717) is 48.0 Å². The summed E-state index contributed by atoms with van der Waals surface area (Å²) in [5, 5.41) is 12.9. The number of rotatable bonds is 2. The summed E-state index contributed by atoms with van der Waals surface area (Å²) in [5.41, 5.74) is 8.01. The summed E-state index contributed by atoms with van der Waals surface area (Å²) in [4.78, 5) is 34.3. The van der Waals surface area contributed by atoms with Gasteiger partial charge in [0.15, 0.2) is 5.96 Å². The fourth-order valence-corrected chi connectivity index (χ4v) is 3.99. The van der Waals surface area contributed by atoms with Gasteiger partial charge in [-0.3, -0.25) is 14.9 Å². The van der Waals surface area contributed by atoms with Crippen molar-refractivity contribution in [2.24, 2.45) is 15.9 Å². The summed E-state index contributed by atoms with van der Waals surface area (Å²) in [6.45, 7) is 3.35. The standard InChI is InChI=1S/C26H30Cl2N6O4/c1-2-38-34-22-14-23(35)33-26(29)31-15-17-12-20(27)25(21(28)13-17)32-24(36)16-30-10-4-3-5-11-37-19-8-6-18(22)7-9-19/h3,5-9,12-13,30H,2,4,10-11,14-16H2,1H3,(H,32,36)(H3,29,31,33,35)/b5-3+,34-22-. The van der Waals surface area contributed by atoms with Gasteiger partial charge in [-0.25, -0.2) is 4.99 Å². The number of benzene rings is 2. The zero-order chi connectivity index (χ0) is 27.3. The minimum Gasteiger partial charge on any atom is -0.490 e. The molecule has 0 saturated heterocycles. The lowest BCUT2D eigenvalue weighted by Crippen LogP contribution is -2.37. The summed E-state index contributed by atoms with van der Waals surface area (Å²) in [6.07, 6.45) is 4.50. The summed E-state index contributed by atoms with van der Waals surface area (Å²) in [6, 6.07) is 10.4. The van der Waals surface area contributed by atoms with Crippen LogP contribution in [0, 0.1) is 0 Å². The number of amides is 2. The molecule has 0 atom stereocenters. The predicted octanol–water partition coefficient (Wildman–Crippen LogP) is 3.62. The van der Waals surface area contributed by atoms with Gasteiger partial charge in [0.1, 0.15) is 19.0 Å². The Bertz CT molecular complexity index is 1190. The third kappa shape index (κ3) is 9.37. The van der Waals surface area contributed by atoms with Crippen LogP contribution in [0.5, 0.6) is 5.75 Å². The van der Waals surface area contributed by atoms with Crippen molar-refractivity contribution in [1.82, 2.24) is 10.6 Å². The van der Waals surface area contributed by atoms with E-state index in [-0.39, 0.29) is 41.4 Å². The van der Waals surface area contributed by atoms with E-state index in [0.717, 1.165) is 6.42 Å². The van der Waals surface area contributed by atoms with Gasteiger partial charge in [-0.15, -0.1) is 0 Å². The highest BCUT2D eigenvalue weighted by molar-refractivity contribution is 6.39. The van der Waals surface area contributed by atoms with Crippen LogP contribution in [0.2, 0.25) is 10.0 Å². The Morgan fingerprint density at radius 3 is 2.53 bits per heavy atom. The Hall–Kier alpha value is -3.60. The van der Waals surface area contributed by atoms with E-state index < -0.39 is 5.91 Å². The van der Waals surface area contributed by atoms with Crippen molar-refractivity contribution >= 4 is 52.4 Å². The molecule has 4 aliphatic heterocycles. The molecular weight excluding hydrogens is 531 g/mol. The topological polar surface area (TPSA) is 139 Å². The predicted molar refractivity (Wildman–Crippen MR) is 150 cm³/mol. The maximum absolute atomic E-state index is 12.6. The van der Waals surface area contributed by atoms with Crippen molar-refractivity contribution < 1.29 is 19.2 Å². The van der Waals surface area contributed by atoms with E-state index in [1.54, 1.807) is 43.3 Å². The number of hydrogen-bond acceptors (Lipinski definition) is 8. The van der Waals surface area contributed by atoms with E-state index in [4.69, 9.17) is 38.5 Å². The normalized spacial score (nSPS) is 18.0. The molecule has 0 radical (unpaired) electrons. The van der Waals surface area contributed by atoms with Crippen molar-refractivity contribution in [2.75, 3.05) is 31.6 Å². The average molecular weight is 561 g/mol. The maximum Gasteiger partial charge on any atom is 0.238 e. The number of carbonyl (C=O) groups is 2. The van der Waals surface area contributed by atoms with Crippen LogP contribution >= 0.6 is 23.2 Å². The quantitative estimate of drug-likeness (QED) is 0.326. The van der Waals surface area contributed by atoms with Crippen molar-refractivity contribution in [1.29, 1.82) is 0 Å². The van der Waals surface area contributed by atoms with Crippen LogP contribution in [0.15, 0.2) is 58.7 Å². The van der Waals surface area contributed by atoms with Gasteiger partial charge in [-0.05, 0) is 61.9 Å². The molecule has 4 bridgehead atoms.